The van der Waals surface area contributed by atoms with E-state index in [4.69, 9.17) is 10.5 Å². The van der Waals surface area contributed by atoms with Crippen LogP contribution in [0.25, 0.3) is 0 Å². The van der Waals surface area contributed by atoms with Gasteiger partial charge in [0.05, 0.1) is 30.0 Å². The number of likely N-dealkylation sites (N-methyl/N-ethyl adjacent to an activating group) is 1. The molecule has 2 atom stereocenters. The van der Waals surface area contributed by atoms with Gasteiger partial charge in [-0.2, -0.15) is 15.8 Å². The standard InChI is InChI=1S/C21H21N5O/c1-3-27-18-7-5-4-6-15(18)19-17-11-26(2)9-8-14(17)16(10-22)20(25)21(19,12-23)13-24/h4-8,17,19H,3,9,11,25H2,1-2H3/t17-,19-/m0/s1. The summed E-state index contributed by atoms with van der Waals surface area (Å²) < 4.78 is 5.79. The Hall–Kier alpha value is -3.27. The van der Waals surface area contributed by atoms with Gasteiger partial charge in [-0.1, -0.05) is 24.3 Å². The number of nitrogens with two attached hydrogens (primary N) is 1. The van der Waals surface area contributed by atoms with Crippen molar-refractivity contribution in [3.8, 4) is 24.0 Å². The topological polar surface area (TPSA) is 110 Å². The van der Waals surface area contributed by atoms with Crippen molar-refractivity contribution in [3.05, 3.63) is 52.7 Å². The molecule has 0 amide bonds. The highest BCUT2D eigenvalue weighted by molar-refractivity contribution is 5.60. The molecule has 0 unspecified atom stereocenters. The number of para-hydroxylation sites is 1. The van der Waals surface area contributed by atoms with Gasteiger partial charge in [-0.3, -0.25) is 0 Å². The molecule has 0 saturated heterocycles. The van der Waals surface area contributed by atoms with Crippen LogP contribution in [0.4, 0.5) is 0 Å². The van der Waals surface area contributed by atoms with Crippen molar-refractivity contribution >= 4 is 0 Å². The largest absolute Gasteiger partial charge is 0.494 e. The maximum absolute atomic E-state index is 10.1. The van der Waals surface area contributed by atoms with Crippen LogP contribution in [0.15, 0.2) is 47.2 Å². The van der Waals surface area contributed by atoms with Crippen molar-refractivity contribution in [1.82, 2.24) is 4.90 Å². The Kier molecular flexibility index (Phi) is 4.91. The number of benzene rings is 1. The van der Waals surface area contributed by atoms with Crippen LogP contribution in [0.3, 0.4) is 0 Å². The van der Waals surface area contributed by atoms with E-state index >= 15 is 0 Å². The van der Waals surface area contributed by atoms with Crippen LogP contribution in [0.1, 0.15) is 18.4 Å². The highest BCUT2D eigenvalue weighted by Gasteiger charge is 2.55. The van der Waals surface area contributed by atoms with Crippen LogP contribution >= 0.6 is 0 Å². The zero-order valence-corrected chi connectivity index (χ0v) is 15.4. The van der Waals surface area contributed by atoms with Crippen LogP contribution in [0.2, 0.25) is 0 Å². The Bertz CT molecular complexity index is 927. The minimum absolute atomic E-state index is 0.0401. The van der Waals surface area contributed by atoms with Gasteiger partial charge in [0.15, 0.2) is 5.41 Å². The number of ether oxygens (including phenoxy) is 1. The van der Waals surface area contributed by atoms with Gasteiger partial charge in [-0.05, 0) is 25.6 Å². The summed E-state index contributed by atoms with van der Waals surface area (Å²) in [6, 6.07) is 13.9. The molecule has 0 spiro atoms. The molecule has 6 nitrogen and oxygen atoms in total. The fourth-order valence-corrected chi connectivity index (χ4v) is 4.19. The minimum atomic E-state index is -1.63. The summed E-state index contributed by atoms with van der Waals surface area (Å²) in [6.07, 6.45) is 1.98. The summed E-state index contributed by atoms with van der Waals surface area (Å²) in [5.74, 6) is -0.0892. The van der Waals surface area contributed by atoms with E-state index in [2.05, 4.69) is 23.1 Å². The molecule has 1 aliphatic carbocycles. The molecule has 1 aliphatic heterocycles. The van der Waals surface area contributed by atoms with E-state index < -0.39 is 11.3 Å². The second-order valence-electron chi connectivity index (χ2n) is 6.87. The third kappa shape index (κ3) is 2.74. The highest BCUT2D eigenvalue weighted by Crippen LogP contribution is 2.55. The normalized spacial score (nSPS) is 24.0. The zero-order chi connectivity index (χ0) is 19.6. The SMILES string of the molecule is CCOc1ccccc1[C@H]1[C@H]2CN(C)CC=C2C(C#N)=C(N)C1(C#N)C#N. The van der Waals surface area contributed by atoms with Crippen molar-refractivity contribution in [1.29, 1.82) is 15.8 Å². The fraction of sp³-hybridized carbons (Fsp3) is 0.381. The fourth-order valence-electron chi connectivity index (χ4n) is 4.19. The monoisotopic (exact) mass is 359 g/mol. The van der Waals surface area contributed by atoms with Gasteiger partial charge < -0.3 is 15.4 Å². The molecule has 136 valence electrons. The summed E-state index contributed by atoms with van der Waals surface area (Å²) >= 11 is 0. The Morgan fingerprint density at radius 3 is 2.59 bits per heavy atom. The van der Waals surface area contributed by atoms with Crippen LogP contribution in [0, 0.1) is 45.3 Å². The lowest BCUT2D eigenvalue weighted by Gasteiger charge is -2.45. The van der Waals surface area contributed by atoms with E-state index in [1.165, 1.54) is 0 Å². The van der Waals surface area contributed by atoms with E-state index in [1.807, 2.05) is 44.3 Å². The molecule has 1 heterocycles. The van der Waals surface area contributed by atoms with Crippen LogP contribution in [-0.4, -0.2) is 31.6 Å². The number of fused-ring (bicyclic) bond motifs is 1. The van der Waals surface area contributed by atoms with Gasteiger partial charge in [0.1, 0.15) is 11.8 Å². The first-order valence-corrected chi connectivity index (χ1v) is 8.87. The molecule has 0 radical (unpaired) electrons. The lowest BCUT2D eigenvalue weighted by Crippen LogP contribution is -2.47. The van der Waals surface area contributed by atoms with Crippen molar-refractivity contribution in [2.75, 3.05) is 26.7 Å². The number of nitriles is 3. The van der Waals surface area contributed by atoms with Crippen molar-refractivity contribution in [2.24, 2.45) is 17.1 Å². The van der Waals surface area contributed by atoms with E-state index in [9.17, 15) is 15.8 Å². The summed E-state index contributed by atoms with van der Waals surface area (Å²) in [6.45, 7) is 3.68. The number of hydrogen-bond donors (Lipinski definition) is 1. The van der Waals surface area contributed by atoms with Crippen molar-refractivity contribution in [3.63, 3.8) is 0 Å². The van der Waals surface area contributed by atoms with Gasteiger partial charge in [-0.15, -0.1) is 0 Å². The van der Waals surface area contributed by atoms with Crippen LogP contribution in [0.5, 0.6) is 5.75 Å². The molecule has 27 heavy (non-hydrogen) atoms. The first kappa shape index (κ1) is 18.5. The molecule has 0 bridgehead atoms. The van der Waals surface area contributed by atoms with Gasteiger partial charge in [0, 0.05) is 30.5 Å². The molecule has 1 aromatic rings. The predicted octanol–water partition coefficient (Wildman–Crippen LogP) is 2.44. The van der Waals surface area contributed by atoms with E-state index in [0.29, 0.717) is 25.4 Å². The van der Waals surface area contributed by atoms with Gasteiger partial charge in [0.25, 0.3) is 0 Å². The molecule has 2 aliphatic rings. The third-order valence-electron chi connectivity index (χ3n) is 5.40. The van der Waals surface area contributed by atoms with Gasteiger partial charge in [-0.25, -0.2) is 0 Å². The average molecular weight is 359 g/mol. The Morgan fingerprint density at radius 2 is 1.96 bits per heavy atom. The maximum Gasteiger partial charge on any atom is 0.191 e. The molecule has 2 N–H and O–H groups in total. The summed E-state index contributed by atoms with van der Waals surface area (Å²) in [4.78, 5) is 2.11. The molecule has 0 aromatic heterocycles. The molecule has 0 fully saturated rings. The molecule has 0 saturated carbocycles. The second kappa shape index (κ2) is 7.16. The quantitative estimate of drug-likeness (QED) is 0.887. The van der Waals surface area contributed by atoms with E-state index in [1.54, 1.807) is 0 Å². The highest BCUT2D eigenvalue weighted by atomic mass is 16.5. The number of allylic oxidation sites excluding steroid dienone is 2. The van der Waals surface area contributed by atoms with Crippen molar-refractivity contribution < 1.29 is 4.74 Å². The summed E-state index contributed by atoms with van der Waals surface area (Å²) in [5.41, 5.74) is 6.58. The number of hydrogen-bond acceptors (Lipinski definition) is 6. The lowest BCUT2D eigenvalue weighted by atomic mass is 9.58. The molecular weight excluding hydrogens is 338 g/mol. The molecular formula is C21H21N5O. The van der Waals surface area contributed by atoms with Crippen LogP contribution in [-0.2, 0) is 0 Å². The zero-order valence-electron chi connectivity index (χ0n) is 15.4. The van der Waals surface area contributed by atoms with Crippen LogP contribution < -0.4 is 10.5 Å². The minimum Gasteiger partial charge on any atom is -0.494 e. The van der Waals surface area contributed by atoms with E-state index in [0.717, 1.165) is 11.1 Å². The average Bonchev–Trinajstić information content (AvgIpc) is 2.68. The number of nitrogens with zero attached hydrogens (tertiary/aromatic N) is 4. The first-order chi connectivity index (χ1) is 13.0. The summed E-state index contributed by atoms with van der Waals surface area (Å²) in [7, 11) is 1.98. The Morgan fingerprint density at radius 1 is 1.26 bits per heavy atom. The lowest BCUT2D eigenvalue weighted by molar-refractivity contribution is 0.232. The third-order valence-corrected chi connectivity index (χ3v) is 5.40. The number of rotatable bonds is 3. The molecule has 6 heteroatoms. The molecule has 1 aromatic carbocycles. The van der Waals surface area contributed by atoms with E-state index in [-0.39, 0.29) is 17.2 Å². The van der Waals surface area contributed by atoms with Gasteiger partial charge >= 0.3 is 0 Å². The molecule has 3 rings (SSSR count). The smallest absolute Gasteiger partial charge is 0.191 e. The Labute approximate surface area is 159 Å². The Balaban J connectivity index is 2.34. The second-order valence-corrected chi connectivity index (χ2v) is 6.87. The summed E-state index contributed by atoms with van der Waals surface area (Å²) in [5, 5.41) is 29.8. The first-order valence-electron chi connectivity index (χ1n) is 8.87. The van der Waals surface area contributed by atoms with Gasteiger partial charge in [0.2, 0.25) is 0 Å². The predicted molar refractivity (Wildman–Crippen MR) is 99.9 cm³/mol. The van der Waals surface area contributed by atoms with Crippen molar-refractivity contribution in [2.45, 2.75) is 12.8 Å². The maximum atomic E-state index is 10.1.